The fourth-order valence-electron chi connectivity index (χ4n) is 1.01. The van der Waals surface area contributed by atoms with Gasteiger partial charge in [0, 0.05) is 27.3 Å². The minimum atomic E-state index is -0.456. The zero-order chi connectivity index (χ0) is 8.04. The summed E-state index contributed by atoms with van der Waals surface area (Å²) in [6, 6.07) is 0. The molecule has 70 valence electrons. The third kappa shape index (κ3) is 14.1. The first-order valence-corrected chi connectivity index (χ1v) is 7.68. The van der Waals surface area contributed by atoms with Gasteiger partial charge in [0.25, 0.3) is 0 Å². The van der Waals surface area contributed by atoms with Crippen LogP contribution in [0.1, 0.15) is 32.6 Å². The largest absolute Gasteiger partial charge is 1.00 e. The van der Waals surface area contributed by atoms with Gasteiger partial charge in [0.1, 0.15) is 0 Å². The van der Waals surface area contributed by atoms with Gasteiger partial charge in [0.05, 0.1) is 6.16 Å². The van der Waals surface area contributed by atoms with E-state index in [0.717, 1.165) is 0 Å². The number of unbranched alkanes of at least 4 members (excludes halogenated alkanes) is 3. The predicted molar refractivity (Wildman–Crippen MR) is 53.7 cm³/mol. The fraction of sp³-hybridized carbons (Fsp3) is 1.00. The molecule has 0 saturated heterocycles. The highest BCUT2D eigenvalue weighted by molar-refractivity contribution is 7.73. The summed E-state index contributed by atoms with van der Waals surface area (Å²) in [7, 11) is -0.456. The Morgan fingerprint density at radius 1 is 0.909 bits per heavy atom. The Morgan fingerprint density at radius 2 is 1.45 bits per heavy atom. The van der Waals surface area contributed by atoms with Crippen LogP contribution in [0.3, 0.4) is 0 Å². The van der Waals surface area contributed by atoms with Crippen LogP contribution in [0.5, 0.6) is 0 Å². The van der Waals surface area contributed by atoms with Crippen molar-refractivity contribution < 1.29 is 24.0 Å². The molecule has 0 aliphatic heterocycles. The van der Waals surface area contributed by atoms with Gasteiger partial charge < -0.3 is 24.0 Å². The smallest absolute Gasteiger partial charge is 0.0586 e. The Morgan fingerprint density at radius 3 is 1.82 bits per heavy atom. The van der Waals surface area contributed by atoms with Gasteiger partial charge in [-0.3, -0.25) is 0 Å². The summed E-state index contributed by atoms with van der Waals surface area (Å²) in [6.45, 7) is 9.56. The molecule has 0 unspecified atom stereocenters. The van der Waals surface area contributed by atoms with E-state index in [2.05, 4.69) is 26.9 Å². The molecule has 0 aromatic heterocycles. The molecule has 0 aromatic carbocycles. The fourth-order valence-corrected chi connectivity index (χ4v) is 2.19. The van der Waals surface area contributed by atoms with Crippen LogP contribution in [-0.4, -0.2) is 26.2 Å². The van der Waals surface area contributed by atoms with Crippen molar-refractivity contribution in [2.75, 3.05) is 26.2 Å². The van der Waals surface area contributed by atoms with E-state index < -0.39 is 7.26 Å². The van der Waals surface area contributed by atoms with Crippen LogP contribution in [0.2, 0.25) is 0 Å². The lowest BCUT2D eigenvalue weighted by molar-refractivity contribution is -0.00000257. The summed E-state index contributed by atoms with van der Waals surface area (Å²) in [4.78, 5) is 0. The van der Waals surface area contributed by atoms with Crippen LogP contribution in [0.15, 0.2) is 0 Å². The van der Waals surface area contributed by atoms with Gasteiger partial charge in [-0.2, -0.15) is 0 Å². The van der Waals surface area contributed by atoms with E-state index in [0.29, 0.717) is 0 Å². The number of hydrogen-bond donors (Lipinski definition) is 0. The van der Waals surface area contributed by atoms with E-state index in [4.69, 9.17) is 0 Å². The number of halogens is 1. The molecule has 2 heteroatoms. The average molecular weight is 288 g/mol. The van der Waals surface area contributed by atoms with Crippen molar-refractivity contribution in [1.29, 1.82) is 0 Å². The molecule has 0 heterocycles. The molecule has 11 heavy (non-hydrogen) atoms. The van der Waals surface area contributed by atoms with Crippen molar-refractivity contribution in [2.45, 2.75) is 32.6 Å². The molecule has 0 spiro atoms. The van der Waals surface area contributed by atoms with E-state index in [9.17, 15) is 0 Å². The maximum atomic E-state index is 2.43. The van der Waals surface area contributed by atoms with Gasteiger partial charge >= 0.3 is 0 Å². The zero-order valence-electron chi connectivity index (χ0n) is 8.36. The summed E-state index contributed by atoms with van der Waals surface area (Å²) in [5.74, 6) is 0. The molecular formula is C9H22IP. The maximum Gasteiger partial charge on any atom is 0.0586 e. The Labute approximate surface area is 89.9 Å². The zero-order valence-corrected chi connectivity index (χ0v) is 11.4. The van der Waals surface area contributed by atoms with Gasteiger partial charge in [-0.05, 0) is 12.8 Å². The minimum Gasteiger partial charge on any atom is -1.00 e. The second-order valence-corrected chi connectivity index (χ2v) is 9.10. The molecule has 0 N–H and O–H groups in total. The van der Waals surface area contributed by atoms with E-state index in [-0.39, 0.29) is 24.0 Å². The molecule has 0 aromatic rings. The van der Waals surface area contributed by atoms with E-state index in [1.165, 1.54) is 31.8 Å². The predicted octanol–water partition coefficient (Wildman–Crippen LogP) is 0.478. The van der Waals surface area contributed by atoms with Gasteiger partial charge in [-0.25, -0.2) is 0 Å². The SMILES string of the molecule is CCCCCC[P+](C)(C)C.[I-]. The van der Waals surface area contributed by atoms with Crippen molar-refractivity contribution in [1.82, 2.24) is 0 Å². The first-order chi connectivity index (χ1) is 4.56. The third-order valence-corrected chi connectivity index (χ3v) is 3.34. The van der Waals surface area contributed by atoms with Gasteiger partial charge in [0.2, 0.25) is 0 Å². The molecule has 0 rings (SSSR count). The molecular weight excluding hydrogens is 266 g/mol. The lowest BCUT2D eigenvalue weighted by Gasteiger charge is -2.10. The van der Waals surface area contributed by atoms with Crippen LogP contribution >= 0.6 is 7.26 Å². The van der Waals surface area contributed by atoms with Crippen LogP contribution in [0.25, 0.3) is 0 Å². The van der Waals surface area contributed by atoms with Gasteiger partial charge in [-0.15, -0.1) is 0 Å². The molecule has 0 atom stereocenters. The normalized spacial score (nSPS) is 10.9. The Hall–Kier alpha value is 1.16. The van der Waals surface area contributed by atoms with Crippen molar-refractivity contribution >= 4 is 7.26 Å². The lowest BCUT2D eigenvalue weighted by atomic mass is 10.2. The van der Waals surface area contributed by atoms with Crippen LogP contribution < -0.4 is 24.0 Å². The molecule has 0 fully saturated rings. The van der Waals surface area contributed by atoms with Gasteiger partial charge in [-0.1, -0.05) is 19.8 Å². The van der Waals surface area contributed by atoms with E-state index in [1.807, 2.05) is 0 Å². The number of rotatable bonds is 5. The monoisotopic (exact) mass is 288 g/mol. The van der Waals surface area contributed by atoms with Crippen LogP contribution in [0.4, 0.5) is 0 Å². The Balaban J connectivity index is 0. The molecule has 0 nitrogen and oxygen atoms in total. The van der Waals surface area contributed by atoms with Gasteiger partial charge in [0.15, 0.2) is 0 Å². The average Bonchev–Trinajstić information content (AvgIpc) is 1.78. The second-order valence-electron chi connectivity index (χ2n) is 4.07. The van der Waals surface area contributed by atoms with Crippen molar-refractivity contribution in [2.24, 2.45) is 0 Å². The quantitative estimate of drug-likeness (QED) is 0.392. The first kappa shape index (κ1) is 14.7. The Bertz CT molecular complexity index is 76.1. The Kier molecular flexibility index (Phi) is 10.4. The summed E-state index contributed by atoms with van der Waals surface area (Å²) >= 11 is 0. The molecule has 0 saturated carbocycles. The summed E-state index contributed by atoms with van der Waals surface area (Å²) in [6.07, 6.45) is 7.20. The second kappa shape index (κ2) is 7.79. The topological polar surface area (TPSA) is 0 Å². The minimum absolute atomic E-state index is 0. The third-order valence-electron chi connectivity index (χ3n) is 1.68. The molecule has 0 radical (unpaired) electrons. The highest BCUT2D eigenvalue weighted by atomic mass is 127. The molecule has 0 aliphatic carbocycles. The first-order valence-electron chi connectivity index (χ1n) is 4.36. The molecule has 0 aliphatic rings. The summed E-state index contributed by atoms with van der Waals surface area (Å²) < 4.78 is 0. The summed E-state index contributed by atoms with van der Waals surface area (Å²) in [5.41, 5.74) is 0. The standard InChI is InChI=1S/C9H22P.HI/c1-5-6-7-8-9-10(2,3)4;/h5-9H2,1-4H3;1H/q+1;/p-1. The summed E-state index contributed by atoms with van der Waals surface area (Å²) in [5, 5.41) is 0. The molecule has 0 bridgehead atoms. The van der Waals surface area contributed by atoms with Crippen molar-refractivity contribution in [3.8, 4) is 0 Å². The highest BCUT2D eigenvalue weighted by Gasteiger charge is 2.14. The molecule has 0 amide bonds. The maximum absolute atomic E-state index is 2.43. The van der Waals surface area contributed by atoms with E-state index in [1.54, 1.807) is 0 Å². The van der Waals surface area contributed by atoms with Crippen molar-refractivity contribution in [3.63, 3.8) is 0 Å². The number of hydrogen-bond acceptors (Lipinski definition) is 0. The van der Waals surface area contributed by atoms with Crippen LogP contribution in [-0.2, 0) is 0 Å². The van der Waals surface area contributed by atoms with Crippen molar-refractivity contribution in [3.05, 3.63) is 0 Å². The van der Waals surface area contributed by atoms with E-state index >= 15 is 0 Å². The lowest BCUT2D eigenvalue weighted by Crippen LogP contribution is -3.00. The van der Waals surface area contributed by atoms with Crippen LogP contribution in [0, 0.1) is 0 Å². The highest BCUT2D eigenvalue weighted by Crippen LogP contribution is 2.47.